The van der Waals surface area contributed by atoms with Gasteiger partial charge in [0.15, 0.2) is 0 Å². The minimum absolute atomic E-state index is 0.00605. The molecule has 0 unspecified atom stereocenters. The summed E-state index contributed by atoms with van der Waals surface area (Å²) < 4.78 is 27.7. The first-order chi connectivity index (χ1) is 15.5. The minimum atomic E-state index is -3.58. The molecule has 2 aliphatic heterocycles. The van der Waals surface area contributed by atoms with Crippen molar-refractivity contribution in [3.05, 3.63) is 55.0 Å². The Balaban J connectivity index is 1.18. The number of hydrogen-bond acceptors (Lipinski definition) is 5. The molecule has 1 N–H and O–H groups in total. The van der Waals surface area contributed by atoms with Crippen molar-refractivity contribution in [2.45, 2.75) is 17.7 Å². The van der Waals surface area contributed by atoms with Crippen LogP contribution in [0.25, 0.3) is 10.9 Å². The van der Waals surface area contributed by atoms with Gasteiger partial charge >= 0.3 is 0 Å². The maximum Gasteiger partial charge on any atom is 0.243 e. The first kappa shape index (κ1) is 21.0. The van der Waals surface area contributed by atoms with Crippen LogP contribution in [0.3, 0.4) is 0 Å². The van der Waals surface area contributed by atoms with Crippen molar-refractivity contribution in [2.75, 3.05) is 44.2 Å². The lowest BCUT2D eigenvalue weighted by Gasteiger charge is -2.38. The summed E-state index contributed by atoms with van der Waals surface area (Å²) in [5, 5.41) is 0.981. The van der Waals surface area contributed by atoms with E-state index in [2.05, 4.69) is 14.9 Å². The molecule has 32 heavy (non-hydrogen) atoms. The molecule has 5 rings (SSSR count). The number of carbonyl (C=O) groups excluding carboxylic acids is 1. The van der Waals surface area contributed by atoms with E-state index >= 15 is 0 Å². The standard InChI is InChI=1S/C23H27N5O3S/c29-23(19-6-11-26(12-7-19)20-4-8-24-9-5-20)27-13-15-28(16-14-27)32(30,31)21-2-1-18-3-10-25-22(18)17-21/h1-5,8-10,17,19,25H,6-7,11-16H2. The summed E-state index contributed by atoms with van der Waals surface area (Å²) in [5.74, 6) is 0.163. The molecule has 0 radical (unpaired) electrons. The number of nitrogens with zero attached hydrogens (tertiary/aromatic N) is 4. The molecule has 2 saturated heterocycles. The van der Waals surface area contributed by atoms with Crippen LogP contribution in [0.15, 0.2) is 59.9 Å². The van der Waals surface area contributed by atoms with Crippen molar-refractivity contribution in [1.29, 1.82) is 0 Å². The van der Waals surface area contributed by atoms with Crippen molar-refractivity contribution >= 4 is 32.5 Å². The number of benzene rings is 1. The number of H-pyrrole nitrogens is 1. The van der Waals surface area contributed by atoms with E-state index in [0.717, 1.165) is 42.5 Å². The molecule has 0 spiro atoms. The molecule has 168 valence electrons. The fourth-order valence-corrected chi connectivity index (χ4v) is 6.13. The van der Waals surface area contributed by atoms with E-state index < -0.39 is 10.0 Å². The molecule has 0 bridgehead atoms. The highest BCUT2D eigenvalue weighted by atomic mass is 32.2. The third-order valence-electron chi connectivity index (χ3n) is 6.59. The largest absolute Gasteiger partial charge is 0.371 e. The second kappa shape index (κ2) is 8.55. The van der Waals surface area contributed by atoms with Gasteiger partial charge in [-0.05, 0) is 48.6 Å². The highest BCUT2D eigenvalue weighted by Gasteiger charge is 2.34. The Morgan fingerprint density at radius 1 is 0.938 bits per heavy atom. The van der Waals surface area contributed by atoms with Gasteiger partial charge in [-0.25, -0.2) is 8.42 Å². The third kappa shape index (κ3) is 3.98. The number of anilines is 1. The van der Waals surface area contributed by atoms with Crippen LogP contribution in [0, 0.1) is 5.92 Å². The van der Waals surface area contributed by atoms with Crippen LogP contribution in [-0.2, 0) is 14.8 Å². The molecule has 0 atom stereocenters. The molecule has 3 aromatic rings. The van der Waals surface area contributed by atoms with Crippen LogP contribution in [0.5, 0.6) is 0 Å². The smallest absolute Gasteiger partial charge is 0.243 e. The van der Waals surface area contributed by atoms with E-state index in [-0.39, 0.29) is 16.7 Å². The minimum Gasteiger partial charge on any atom is -0.371 e. The van der Waals surface area contributed by atoms with Gasteiger partial charge in [-0.2, -0.15) is 4.31 Å². The number of pyridine rings is 1. The van der Waals surface area contributed by atoms with Gasteiger partial charge in [0.05, 0.1) is 4.90 Å². The zero-order valence-electron chi connectivity index (χ0n) is 17.9. The summed E-state index contributed by atoms with van der Waals surface area (Å²) in [4.78, 5) is 24.6. The van der Waals surface area contributed by atoms with E-state index in [0.29, 0.717) is 26.2 Å². The Bertz CT molecular complexity index is 1190. The Kier molecular flexibility index (Phi) is 5.60. The van der Waals surface area contributed by atoms with Crippen molar-refractivity contribution in [1.82, 2.24) is 19.2 Å². The molecular weight excluding hydrogens is 426 g/mol. The number of fused-ring (bicyclic) bond motifs is 1. The van der Waals surface area contributed by atoms with Crippen LogP contribution >= 0.6 is 0 Å². The Hall–Kier alpha value is -2.91. The maximum absolute atomic E-state index is 13.1. The van der Waals surface area contributed by atoms with Gasteiger partial charge in [0.2, 0.25) is 15.9 Å². The van der Waals surface area contributed by atoms with Gasteiger partial charge < -0.3 is 14.8 Å². The maximum atomic E-state index is 13.1. The summed E-state index contributed by atoms with van der Waals surface area (Å²) in [6.45, 7) is 3.21. The van der Waals surface area contributed by atoms with E-state index in [4.69, 9.17) is 0 Å². The molecule has 9 heteroatoms. The molecule has 1 amide bonds. The zero-order valence-corrected chi connectivity index (χ0v) is 18.7. The van der Waals surface area contributed by atoms with Crippen molar-refractivity contribution in [3.63, 3.8) is 0 Å². The van der Waals surface area contributed by atoms with Gasteiger partial charge in [0.25, 0.3) is 0 Å². The molecular formula is C23H27N5O3S. The van der Waals surface area contributed by atoms with E-state index in [1.165, 1.54) is 4.31 Å². The monoisotopic (exact) mass is 453 g/mol. The quantitative estimate of drug-likeness (QED) is 0.655. The highest BCUT2D eigenvalue weighted by Crippen LogP contribution is 2.26. The molecule has 2 aromatic heterocycles. The molecule has 2 aliphatic rings. The molecule has 0 saturated carbocycles. The Labute approximate surface area is 187 Å². The Morgan fingerprint density at radius 3 is 2.38 bits per heavy atom. The van der Waals surface area contributed by atoms with Crippen LogP contribution in [0.2, 0.25) is 0 Å². The number of sulfonamides is 1. The summed E-state index contributed by atoms with van der Waals surface area (Å²) in [7, 11) is -3.58. The first-order valence-corrected chi connectivity index (χ1v) is 12.5. The van der Waals surface area contributed by atoms with Gasteiger partial charge in [-0.15, -0.1) is 0 Å². The van der Waals surface area contributed by atoms with Crippen LogP contribution in [0.4, 0.5) is 5.69 Å². The number of aromatic amines is 1. The molecule has 0 aliphatic carbocycles. The lowest BCUT2D eigenvalue weighted by molar-refractivity contribution is -0.137. The number of piperazine rings is 1. The van der Waals surface area contributed by atoms with Crippen molar-refractivity contribution in [2.24, 2.45) is 5.92 Å². The van der Waals surface area contributed by atoms with E-state index in [1.807, 2.05) is 29.2 Å². The first-order valence-electron chi connectivity index (χ1n) is 11.0. The summed E-state index contributed by atoms with van der Waals surface area (Å²) in [6, 6.07) is 11.1. The number of carbonyl (C=O) groups is 1. The summed E-state index contributed by atoms with van der Waals surface area (Å²) in [5.41, 5.74) is 1.94. The molecule has 2 fully saturated rings. The van der Waals surface area contributed by atoms with Crippen LogP contribution in [-0.4, -0.2) is 72.8 Å². The number of nitrogens with one attached hydrogen (secondary N) is 1. The van der Waals surface area contributed by atoms with Gasteiger partial charge in [0.1, 0.15) is 0 Å². The lowest BCUT2D eigenvalue weighted by atomic mass is 9.94. The normalized spacial score (nSPS) is 18.9. The number of hydrogen-bond donors (Lipinski definition) is 1. The number of rotatable bonds is 4. The highest BCUT2D eigenvalue weighted by molar-refractivity contribution is 7.89. The fourth-order valence-electron chi connectivity index (χ4n) is 4.68. The molecule has 1 aromatic carbocycles. The predicted octanol–water partition coefficient (Wildman–Crippen LogP) is 2.31. The average molecular weight is 454 g/mol. The zero-order chi connectivity index (χ0) is 22.1. The Morgan fingerprint density at radius 2 is 1.66 bits per heavy atom. The van der Waals surface area contributed by atoms with Gasteiger partial charge in [0, 0.05) is 75.0 Å². The lowest BCUT2D eigenvalue weighted by Crippen LogP contribution is -2.52. The van der Waals surface area contributed by atoms with Gasteiger partial charge in [-0.3, -0.25) is 9.78 Å². The average Bonchev–Trinajstić information content (AvgIpc) is 3.32. The summed E-state index contributed by atoms with van der Waals surface area (Å²) >= 11 is 0. The van der Waals surface area contributed by atoms with Crippen LogP contribution in [0.1, 0.15) is 12.8 Å². The molecule has 4 heterocycles. The number of amides is 1. The molecule has 8 nitrogen and oxygen atoms in total. The van der Waals surface area contributed by atoms with Crippen molar-refractivity contribution < 1.29 is 13.2 Å². The van der Waals surface area contributed by atoms with E-state index in [1.54, 1.807) is 30.7 Å². The summed E-state index contributed by atoms with van der Waals surface area (Å²) in [6.07, 6.45) is 7.01. The topological polar surface area (TPSA) is 89.6 Å². The second-order valence-electron chi connectivity index (χ2n) is 8.42. The number of aromatic nitrogens is 2. The number of piperidine rings is 1. The van der Waals surface area contributed by atoms with Crippen molar-refractivity contribution in [3.8, 4) is 0 Å². The van der Waals surface area contributed by atoms with Crippen LogP contribution < -0.4 is 4.90 Å². The second-order valence-corrected chi connectivity index (χ2v) is 10.4. The predicted molar refractivity (Wildman–Crippen MR) is 123 cm³/mol. The SMILES string of the molecule is O=C(C1CCN(c2ccncc2)CC1)N1CCN(S(=O)(=O)c2ccc3cc[nH]c3c2)CC1. The van der Waals surface area contributed by atoms with Gasteiger partial charge in [-0.1, -0.05) is 6.07 Å². The van der Waals surface area contributed by atoms with E-state index in [9.17, 15) is 13.2 Å². The third-order valence-corrected chi connectivity index (χ3v) is 8.48. The fraction of sp³-hybridized carbons (Fsp3) is 0.391.